The maximum absolute atomic E-state index is 9.57. The van der Waals surface area contributed by atoms with E-state index in [9.17, 15) is 5.11 Å². The fraction of sp³-hybridized carbons (Fsp3) is 0. The molecule has 1 aromatic heterocycles. The Balaban J connectivity index is 0.00000112. The number of aromatic hydroxyl groups is 1. The summed E-state index contributed by atoms with van der Waals surface area (Å²) < 4.78 is 0. The van der Waals surface area contributed by atoms with Crippen LogP contribution in [0.1, 0.15) is 0 Å². The summed E-state index contributed by atoms with van der Waals surface area (Å²) in [5.41, 5.74) is 1.37. The van der Waals surface area contributed by atoms with Crippen LogP contribution in [-0.4, -0.2) is 39.6 Å². The van der Waals surface area contributed by atoms with Gasteiger partial charge in [0.05, 0.1) is 5.69 Å². The average molecular weight is 230 g/mol. The Morgan fingerprint density at radius 1 is 1.00 bits per heavy atom. The summed E-state index contributed by atoms with van der Waals surface area (Å²) in [6.07, 6.45) is 0. The topological polar surface area (TPSA) is 33.1 Å². The second kappa shape index (κ2) is 5.52. The van der Waals surface area contributed by atoms with Crippen LogP contribution in [0, 0.1) is 0 Å². The molecule has 1 aromatic carbocycles. The third-order valence-electron chi connectivity index (χ3n) is 1.90. The Kier molecular flexibility index (Phi) is 4.61. The Morgan fingerprint density at radius 3 is 2.40 bits per heavy atom. The van der Waals surface area contributed by atoms with Crippen LogP contribution in [0.15, 0.2) is 42.5 Å². The molecule has 0 aliphatic heterocycles. The van der Waals surface area contributed by atoms with E-state index >= 15 is 0 Å². The van der Waals surface area contributed by atoms with Crippen LogP contribution in [0.5, 0.6) is 5.75 Å². The van der Waals surface area contributed by atoms with Crippen LogP contribution in [-0.2, 0) is 0 Å². The van der Waals surface area contributed by atoms with Crippen LogP contribution in [0.3, 0.4) is 0 Å². The zero-order chi connectivity index (χ0) is 9.97. The summed E-state index contributed by atoms with van der Waals surface area (Å²) in [6.45, 7) is 0. The molecule has 2 rings (SSSR count). The van der Waals surface area contributed by atoms with E-state index in [1.54, 1.807) is 36.4 Å². The Bertz CT molecular complexity index is 462. The van der Waals surface area contributed by atoms with Gasteiger partial charge in [-0.2, -0.15) is 0 Å². The van der Waals surface area contributed by atoms with Gasteiger partial charge in [0, 0.05) is 5.56 Å². The minimum atomic E-state index is 0. The fourth-order valence-corrected chi connectivity index (χ4v) is 1.41. The summed E-state index contributed by atoms with van der Waals surface area (Å²) in [5, 5.41) is 9.99. The molecule has 0 saturated heterocycles. The van der Waals surface area contributed by atoms with E-state index in [0.29, 0.717) is 16.4 Å². The monoisotopic (exact) mass is 229 g/mol. The molecule has 0 bridgehead atoms. The molecular formula is C11H9ClNNaO. The standard InChI is InChI=1S/C11H8ClNO.Na.H/c12-11-7-3-5-9(13-11)8-4-1-2-6-10(8)14;;/h1-7,14H;;. The van der Waals surface area contributed by atoms with Gasteiger partial charge >= 0.3 is 29.6 Å². The molecule has 0 amide bonds. The normalized spacial score (nSPS) is 9.40. The molecule has 2 aromatic rings. The number of rotatable bonds is 1. The van der Waals surface area contributed by atoms with Gasteiger partial charge in [0.25, 0.3) is 0 Å². The summed E-state index contributed by atoms with van der Waals surface area (Å²) in [6, 6.07) is 12.3. The van der Waals surface area contributed by atoms with Crippen molar-refractivity contribution in [1.29, 1.82) is 0 Å². The molecule has 1 heterocycles. The molecular weight excluding hydrogens is 221 g/mol. The van der Waals surface area contributed by atoms with Crippen LogP contribution in [0.2, 0.25) is 5.15 Å². The number of pyridine rings is 1. The number of hydrogen-bond acceptors (Lipinski definition) is 2. The number of hydrogen-bond donors (Lipinski definition) is 1. The van der Waals surface area contributed by atoms with E-state index in [4.69, 9.17) is 11.6 Å². The molecule has 72 valence electrons. The molecule has 0 fully saturated rings. The van der Waals surface area contributed by atoms with Crippen LogP contribution in [0.4, 0.5) is 0 Å². The molecule has 0 spiro atoms. The molecule has 1 N–H and O–H groups in total. The van der Waals surface area contributed by atoms with Gasteiger partial charge < -0.3 is 5.11 Å². The average Bonchev–Trinajstić information content (AvgIpc) is 2.18. The molecule has 0 unspecified atom stereocenters. The molecule has 2 nitrogen and oxygen atoms in total. The van der Waals surface area contributed by atoms with Gasteiger partial charge in [0.2, 0.25) is 0 Å². The Morgan fingerprint density at radius 2 is 1.73 bits per heavy atom. The molecule has 0 saturated carbocycles. The number of phenolic OH excluding ortho intramolecular Hbond substituents is 1. The number of aromatic nitrogens is 1. The van der Waals surface area contributed by atoms with Crippen molar-refractivity contribution in [3.05, 3.63) is 47.6 Å². The zero-order valence-corrected chi connectivity index (χ0v) is 8.07. The van der Waals surface area contributed by atoms with Crippen molar-refractivity contribution >= 4 is 41.2 Å². The van der Waals surface area contributed by atoms with Crippen molar-refractivity contribution in [3.8, 4) is 17.0 Å². The number of phenols is 1. The van der Waals surface area contributed by atoms with Gasteiger partial charge in [-0.25, -0.2) is 4.98 Å². The fourth-order valence-electron chi connectivity index (χ4n) is 1.25. The van der Waals surface area contributed by atoms with Crippen LogP contribution < -0.4 is 0 Å². The molecule has 4 heteroatoms. The van der Waals surface area contributed by atoms with Crippen molar-refractivity contribution in [2.45, 2.75) is 0 Å². The zero-order valence-electron chi connectivity index (χ0n) is 7.31. The Hall–Kier alpha value is -0.540. The van der Waals surface area contributed by atoms with Crippen molar-refractivity contribution in [3.63, 3.8) is 0 Å². The Labute approximate surface area is 115 Å². The number of benzene rings is 1. The van der Waals surface area contributed by atoms with Crippen molar-refractivity contribution < 1.29 is 5.11 Å². The maximum atomic E-state index is 9.57. The molecule has 0 aliphatic rings. The van der Waals surface area contributed by atoms with Crippen LogP contribution in [0.25, 0.3) is 11.3 Å². The van der Waals surface area contributed by atoms with Crippen LogP contribution >= 0.6 is 11.6 Å². The molecule has 0 atom stereocenters. The van der Waals surface area contributed by atoms with Gasteiger partial charge in [-0.3, -0.25) is 0 Å². The van der Waals surface area contributed by atoms with E-state index in [0.717, 1.165) is 0 Å². The first kappa shape index (κ1) is 12.5. The molecule has 0 radical (unpaired) electrons. The number of halogens is 1. The van der Waals surface area contributed by atoms with E-state index < -0.39 is 0 Å². The van der Waals surface area contributed by atoms with Gasteiger partial charge in [0.1, 0.15) is 10.9 Å². The molecule has 0 aliphatic carbocycles. The second-order valence-electron chi connectivity index (χ2n) is 2.86. The van der Waals surface area contributed by atoms with Gasteiger partial charge in [-0.15, -0.1) is 0 Å². The first-order valence-electron chi connectivity index (χ1n) is 4.18. The predicted octanol–water partition coefficient (Wildman–Crippen LogP) is 2.46. The molecule has 15 heavy (non-hydrogen) atoms. The third-order valence-corrected chi connectivity index (χ3v) is 2.11. The van der Waals surface area contributed by atoms with Crippen molar-refractivity contribution in [2.75, 3.05) is 0 Å². The SMILES string of the molecule is Oc1ccccc1-c1cccc(Cl)n1.[NaH]. The first-order valence-corrected chi connectivity index (χ1v) is 4.56. The van der Waals surface area contributed by atoms with E-state index in [-0.39, 0.29) is 35.3 Å². The summed E-state index contributed by atoms with van der Waals surface area (Å²) in [5.74, 6) is 0.210. The van der Waals surface area contributed by atoms with Crippen molar-refractivity contribution in [2.24, 2.45) is 0 Å². The van der Waals surface area contributed by atoms with Gasteiger partial charge in [0.15, 0.2) is 0 Å². The summed E-state index contributed by atoms with van der Waals surface area (Å²) in [4.78, 5) is 4.11. The predicted molar refractivity (Wildman–Crippen MR) is 63.5 cm³/mol. The number of para-hydroxylation sites is 1. The minimum absolute atomic E-state index is 0. The number of nitrogens with zero attached hydrogens (tertiary/aromatic N) is 1. The quantitative estimate of drug-likeness (QED) is 0.602. The third kappa shape index (κ3) is 2.95. The van der Waals surface area contributed by atoms with Crippen molar-refractivity contribution in [1.82, 2.24) is 4.98 Å². The first-order chi connectivity index (χ1) is 6.77. The summed E-state index contributed by atoms with van der Waals surface area (Å²) in [7, 11) is 0. The summed E-state index contributed by atoms with van der Waals surface area (Å²) >= 11 is 5.75. The van der Waals surface area contributed by atoms with Gasteiger partial charge in [-0.1, -0.05) is 29.8 Å². The van der Waals surface area contributed by atoms with E-state index in [1.807, 2.05) is 6.07 Å². The van der Waals surface area contributed by atoms with E-state index in [1.165, 1.54) is 0 Å². The van der Waals surface area contributed by atoms with Gasteiger partial charge in [-0.05, 0) is 24.3 Å². The second-order valence-corrected chi connectivity index (χ2v) is 3.25. The van der Waals surface area contributed by atoms with E-state index in [2.05, 4.69) is 4.98 Å².